The SMILES string of the molecule is CCCCCCCCCCC[N+]1CCCCCC1. The lowest BCUT2D eigenvalue weighted by atomic mass is 10.1. The third kappa shape index (κ3) is 8.97. The van der Waals surface area contributed by atoms with Gasteiger partial charge in [-0.25, -0.2) is 0 Å². The lowest BCUT2D eigenvalue weighted by Gasteiger charge is -2.09. The van der Waals surface area contributed by atoms with E-state index >= 15 is 0 Å². The van der Waals surface area contributed by atoms with E-state index in [1.807, 2.05) is 0 Å². The van der Waals surface area contributed by atoms with Gasteiger partial charge >= 0.3 is 0 Å². The molecular formula is C17H35N+. The van der Waals surface area contributed by atoms with Gasteiger partial charge in [-0.15, -0.1) is 0 Å². The lowest BCUT2D eigenvalue weighted by Crippen LogP contribution is -2.32. The summed E-state index contributed by atoms with van der Waals surface area (Å²) in [6.45, 7) is 6.41. The van der Waals surface area contributed by atoms with Gasteiger partial charge in [0.2, 0.25) is 0 Å². The molecule has 1 aliphatic rings. The molecule has 0 aliphatic carbocycles. The molecule has 0 N–H and O–H groups in total. The highest BCUT2D eigenvalue weighted by Crippen LogP contribution is 2.11. The van der Waals surface area contributed by atoms with Gasteiger partial charge in [-0.05, 0) is 19.3 Å². The molecule has 0 amide bonds. The number of rotatable bonds is 10. The summed E-state index contributed by atoms with van der Waals surface area (Å²) in [5, 5.41) is 0. The van der Waals surface area contributed by atoms with Crippen molar-refractivity contribution in [2.75, 3.05) is 19.6 Å². The van der Waals surface area contributed by atoms with E-state index in [9.17, 15) is 0 Å². The highest BCUT2D eigenvalue weighted by Gasteiger charge is 2.16. The normalized spacial score (nSPS) is 17.8. The van der Waals surface area contributed by atoms with E-state index in [1.54, 1.807) is 0 Å². The molecule has 0 atom stereocenters. The van der Waals surface area contributed by atoms with E-state index in [1.165, 1.54) is 103 Å². The van der Waals surface area contributed by atoms with Crippen molar-refractivity contribution in [2.45, 2.75) is 90.4 Å². The summed E-state index contributed by atoms with van der Waals surface area (Å²) in [5.74, 6) is 0. The van der Waals surface area contributed by atoms with Crippen LogP contribution in [0.3, 0.4) is 0 Å². The zero-order chi connectivity index (χ0) is 12.9. The van der Waals surface area contributed by atoms with E-state index in [0.717, 1.165) is 0 Å². The van der Waals surface area contributed by atoms with E-state index in [-0.39, 0.29) is 0 Å². The van der Waals surface area contributed by atoms with Crippen molar-refractivity contribution in [2.24, 2.45) is 0 Å². The molecule has 0 aromatic heterocycles. The molecule has 1 radical (unpaired) electrons. The minimum atomic E-state index is 1.37. The monoisotopic (exact) mass is 253 g/mol. The molecule has 0 spiro atoms. The smallest absolute Gasteiger partial charge is 0.122 e. The summed E-state index contributed by atoms with van der Waals surface area (Å²) >= 11 is 0. The van der Waals surface area contributed by atoms with Gasteiger partial charge in [-0.1, -0.05) is 51.9 Å². The van der Waals surface area contributed by atoms with Crippen molar-refractivity contribution in [1.82, 2.24) is 4.90 Å². The molecule has 0 aromatic rings. The fourth-order valence-electron chi connectivity index (χ4n) is 3.01. The third-order valence-electron chi connectivity index (χ3n) is 4.28. The van der Waals surface area contributed by atoms with Crippen LogP contribution in [0.1, 0.15) is 90.4 Å². The second kappa shape index (κ2) is 12.0. The number of nitrogens with zero attached hydrogens (tertiary/aromatic N) is 1. The standard InChI is InChI=1S/C17H35N/c1-2-3-4-5-6-7-8-9-12-15-18-16-13-10-11-14-17-18/h2-17H2,1H3/q+1. The zero-order valence-corrected chi connectivity index (χ0v) is 12.8. The first-order chi connectivity index (χ1) is 8.93. The Hall–Kier alpha value is -0.0400. The number of hydrogen-bond acceptors (Lipinski definition) is 1. The largest absolute Gasteiger partial charge is 0.170 e. The molecular weight excluding hydrogens is 218 g/mol. The molecule has 1 aliphatic heterocycles. The van der Waals surface area contributed by atoms with Gasteiger partial charge in [0, 0.05) is 19.3 Å². The second-order valence-electron chi connectivity index (χ2n) is 6.08. The summed E-state index contributed by atoms with van der Waals surface area (Å²) in [6, 6.07) is 0. The van der Waals surface area contributed by atoms with Gasteiger partial charge < -0.3 is 0 Å². The van der Waals surface area contributed by atoms with Gasteiger partial charge in [0.05, 0.1) is 0 Å². The number of hydrogen-bond donors (Lipinski definition) is 0. The fourth-order valence-corrected chi connectivity index (χ4v) is 3.01. The van der Waals surface area contributed by atoms with Crippen LogP contribution < -0.4 is 4.90 Å². The molecule has 107 valence electrons. The molecule has 1 fully saturated rings. The maximum atomic E-state index is 2.70. The fraction of sp³-hybridized carbons (Fsp3) is 1.00. The Kier molecular flexibility index (Phi) is 10.7. The first-order valence-electron chi connectivity index (χ1n) is 8.66. The predicted molar refractivity (Wildman–Crippen MR) is 82.4 cm³/mol. The summed E-state index contributed by atoms with van der Waals surface area (Å²) in [4.78, 5) is 2.70. The molecule has 18 heavy (non-hydrogen) atoms. The quantitative estimate of drug-likeness (QED) is 0.371. The Morgan fingerprint density at radius 1 is 0.611 bits per heavy atom. The lowest BCUT2D eigenvalue weighted by molar-refractivity contribution is 0.402. The molecule has 1 rings (SSSR count). The van der Waals surface area contributed by atoms with Crippen LogP contribution in [0.25, 0.3) is 0 Å². The highest BCUT2D eigenvalue weighted by molar-refractivity contribution is 4.68. The summed E-state index contributed by atoms with van der Waals surface area (Å²) in [5.41, 5.74) is 0. The van der Waals surface area contributed by atoms with Crippen LogP contribution in [-0.2, 0) is 0 Å². The van der Waals surface area contributed by atoms with Crippen molar-refractivity contribution >= 4 is 0 Å². The van der Waals surface area contributed by atoms with Gasteiger partial charge in [0.25, 0.3) is 0 Å². The van der Waals surface area contributed by atoms with Crippen molar-refractivity contribution in [3.63, 3.8) is 0 Å². The van der Waals surface area contributed by atoms with E-state index in [4.69, 9.17) is 0 Å². The van der Waals surface area contributed by atoms with Gasteiger partial charge in [0.1, 0.15) is 19.6 Å². The maximum Gasteiger partial charge on any atom is 0.122 e. The third-order valence-corrected chi connectivity index (χ3v) is 4.28. The van der Waals surface area contributed by atoms with Crippen LogP contribution in [0.2, 0.25) is 0 Å². The van der Waals surface area contributed by atoms with Gasteiger partial charge in [-0.2, -0.15) is 4.90 Å². The second-order valence-corrected chi connectivity index (χ2v) is 6.08. The first-order valence-corrected chi connectivity index (χ1v) is 8.66. The Balaban J connectivity index is 1.80. The average molecular weight is 253 g/mol. The molecule has 0 saturated carbocycles. The number of unbranched alkanes of at least 4 members (excludes halogenated alkanes) is 8. The Morgan fingerprint density at radius 3 is 1.67 bits per heavy atom. The van der Waals surface area contributed by atoms with Gasteiger partial charge in [0.15, 0.2) is 0 Å². The van der Waals surface area contributed by atoms with E-state index < -0.39 is 0 Å². The molecule has 1 heteroatoms. The Bertz CT molecular complexity index is 159. The van der Waals surface area contributed by atoms with Crippen LogP contribution in [0, 0.1) is 0 Å². The van der Waals surface area contributed by atoms with Crippen molar-refractivity contribution in [1.29, 1.82) is 0 Å². The molecule has 1 nitrogen and oxygen atoms in total. The summed E-state index contributed by atoms with van der Waals surface area (Å²) < 4.78 is 0. The van der Waals surface area contributed by atoms with Crippen LogP contribution in [-0.4, -0.2) is 19.6 Å². The van der Waals surface area contributed by atoms with Crippen LogP contribution in [0.5, 0.6) is 0 Å². The Morgan fingerprint density at radius 2 is 1.11 bits per heavy atom. The first kappa shape index (κ1) is 16.0. The summed E-state index contributed by atoms with van der Waals surface area (Å²) in [6.07, 6.45) is 18.9. The minimum Gasteiger partial charge on any atom is -0.170 e. The summed E-state index contributed by atoms with van der Waals surface area (Å²) in [7, 11) is 0. The van der Waals surface area contributed by atoms with Crippen molar-refractivity contribution in [3.8, 4) is 0 Å². The molecule has 1 heterocycles. The minimum absolute atomic E-state index is 1.37. The van der Waals surface area contributed by atoms with Crippen LogP contribution in [0.4, 0.5) is 0 Å². The zero-order valence-electron chi connectivity index (χ0n) is 12.8. The topological polar surface area (TPSA) is 5.90 Å². The van der Waals surface area contributed by atoms with Crippen LogP contribution >= 0.6 is 0 Å². The van der Waals surface area contributed by atoms with E-state index in [0.29, 0.717) is 0 Å². The van der Waals surface area contributed by atoms with Crippen molar-refractivity contribution in [3.05, 3.63) is 0 Å². The molecule has 0 bridgehead atoms. The predicted octanol–water partition coefficient (Wildman–Crippen LogP) is 5.23. The van der Waals surface area contributed by atoms with Crippen molar-refractivity contribution < 1.29 is 0 Å². The maximum absolute atomic E-state index is 2.70. The Labute approximate surface area is 115 Å². The molecule has 0 aromatic carbocycles. The number of likely N-dealkylation sites (tertiary alicyclic amines) is 1. The molecule has 0 unspecified atom stereocenters. The van der Waals surface area contributed by atoms with E-state index in [2.05, 4.69) is 11.8 Å². The average Bonchev–Trinajstić information content (AvgIpc) is 2.65. The molecule has 1 saturated heterocycles. The van der Waals surface area contributed by atoms with Crippen LogP contribution in [0.15, 0.2) is 0 Å². The highest BCUT2D eigenvalue weighted by atomic mass is 15.1. The van der Waals surface area contributed by atoms with Gasteiger partial charge in [-0.3, -0.25) is 0 Å².